The van der Waals surface area contributed by atoms with E-state index in [2.05, 4.69) is 23.1 Å². The Bertz CT molecular complexity index is 127. The summed E-state index contributed by atoms with van der Waals surface area (Å²) >= 11 is 0. The first-order valence-electron chi connectivity index (χ1n) is 3.13. The summed E-state index contributed by atoms with van der Waals surface area (Å²) in [4.78, 5) is 7.75. The van der Waals surface area contributed by atoms with Crippen molar-refractivity contribution in [2.24, 2.45) is 9.98 Å². The average molecular weight is 136 g/mol. The normalized spacial score (nSPS) is 10.8. The molecule has 0 N–H and O–H groups in total. The Labute approximate surface area is 61.7 Å². The molecule has 0 aromatic heterocycles. The summed E-state index contributed by atoms with van der Waals surface area (Å²) in [7, 11) is 0. The van der Waals surface area contributed by atoms with E-state index in [1.54, 1.807) is 18.4 Å². The second-order valence-corrected chi connectivity index (χ2v) is 1.63. The highest BCUT2D eigenvalue weighted by atomic mass is 14.8. The lowest BCUT2D eigenvalue weighted by molar-refractivity contribution is 1.25. The number of hydrogen-bond donors (Lipinski definition) is 0. The van der Waals surface area contributed by atoms with Crippen LogP contribution in [0.3, 0.4) is 0 Å². The van der Waals surface area contributed by atoms with Crippen molar-refractivity contribution >= 4 is 12.6 Å². The standard InChI is InChI=1S/C8H12N2/c1-3-5-7-10-8-9-6-4-2/h3-4,7-8H,1-2,5-6H2/b9-8+,10-7+. The van der Waals surface area contributed by atoms with Gasteiger partial charge in [0.15, 0.2) is 0 Å². The summed E-state index contributed by atoms with van der Waals surface area (Å²) in [6.45, 7) is 7.69. The lowest BCUT2D eigenvalue weighted by Gasteiger charge is -1.77. The van der Waals surface area contributed by atoms with Crippen LogP contribution >= 0.6 is 0 Å². The fourth-order valence-corrected chi connectivity index (χ4v) is 0.351. The Hall–Kier alpha value is -1.18. The van der Waals surface area contributed by atoms with Crippen LogP contribution in [0, 0.1) is 0 Å². The number of nitrogens with zero attached hydrogens (tertiary/aromatic N) is 2. The van der Waals surface area contributed by atoms with Gasteiger partial charge in [0.1, 0.15) is 6.34 Å². The average Bonchev–Trinajstić information content (AvgIpc) is 1.97. The van der Waals surface area contributed by atoms with E-state index in [0.717, 1.165) is 6.42 Å². The van der Waals surface area contributed by atoms with Gasteiger partial charge in [-0.05, 0) is 0 Å². The maximum atomic E-state index is 3.89. The summed E-state index contributed by atoms with van der Waals surface area (Å²) in [5, 5.41) is 0. The molecular weight excluding hydrogens is 124 g/mol. The van der Waals surface area contributed by atoms with Gasteiger partial charge in [-0.3, -0.25) is 4.99 Å². The van der Waals surface area contributed by atoms with Crippen molar-refractivity contribution in [3.63, 3.8) is 0 Å². The van der Waals surface area contributed by atoms with Gasteiger partial charge < -0.3 is 0 Å². The highest BCUT2D eigenvalue weighted by Crippen LogP contribution is 1.73. The van der Waals surface area contributed by atoms with Gasteiger partial charge >= 0.3 is 0 Å². The third-order valence-corrected chi connectivity index (χ3v) is 0.760. The van der Waals surface area contributed by atoms with Crippen molar-refractivity contribution in [2.75, 3.05) is 6.54 Å². The number of aliphatic imine (C=N–C) groups is 2. The van der Waals surface area contributed by atoms with Crippen LogP contribution in [-0.2, 0) is 0 Å². The van der Waals surface area contributed by atoms with Crippen molar-refractivity contribution in [3.05, 3.63) is 25.3 Å². The van der Waals surface area contributed by atoms with E-state index in [-0.39, 0.29) is 0 Å². The minimum Gasteiger partial charge on any atom is -0.269 e. The summed E-state index contributed by atoms with van der Waals surface area (Å²) in [5.41, 5.74) is 0. The smallest absolute Gasteiger partial charge is 0.109 e. The van der Waals surface area contributed by atoms with E-state index in [4.69, 9.17) is 0 Å². The molecular formula is C8H12N2. The first-order chi connectivity index (χ1) is 4.91. The highest BCUT2D eigenvalue weighted by molar-refractivity contribution is 5.72. The first-order valence-corrected chi connectivity index (χ1v) is 3.13. The molecule has 0 spiro atoms. The van der Waals surface area contributed by atoms with Crippen LogP contribution in [0.4, 0.5) is 0 Å². The van der Waals surface area contributed by atoms with E-state index in [1.165, 1.54) is 6.34 Å². The van der Waals surface area contributed by atoms with Gasteiger partial charge in [0.25, 0.3) is 0 Å². The van der Waals surface area contributed by atoms with Crippen LogP contribution < -0.4 is 0 Å². The molecule has 0 saturated carbocycles. The van der Waals surface area contributed by atoms with Crippen LogP contribution in [0.25, 0.3) is 0 Å². The summed E-state index contributed by atoms with van der Waals surface area (Å²) < 4.78 is 0. The molecule has 0 amide bonds. The molecule has 2 nitrogen and oxygen atoms in total. The number of hydrogen-bond acceptors (Lipinski definition) is 1. The van der Waals surface area contributed by atoms with Crippen molar-refractivity contribution in [3.8, 4) is 0 Å². The third-order valence-electron chi connectivity index (χ3n) is 0.760. The van der Waals surface area contributed by atoms with Crippen LogP contribution in [0.1, 0.15) is 6.42 Å². The zero-order chi connectivity index (χ0) is 7.66. The third kappa shape index (κ3) is 6.82. The van der Waals surface area contributed by atoms with E-state index in [0.29, 0.717) is 6.54 Å². The minimum atomic E-state index is 0.630. The van der Waals surface area contributed by atoms with E-state index in [1.807, 2.05) is 0 Å². The van der Waals surface area contributed by atoms with Crippen LogP contribution in [0.5, 0.6) is 0 Å². The molecule has 0 saturated heterocycles. The molecule has 0 aliphatic heterocycles. The topological polar surface area (TPSA) is 24.7 Å². The van der Waals surface area contributed by atoms with Gasteiger partial charge in [-0.2, -0.15) is 0 Å². The molecule has 0 aliphatic carbocycles. The lowest BCUT2D eigenvalue weighted by Crippen LogP contribution is -1.73. The molecule has 0 fully saturated rings. The first kappa shape index (κ1) is 8.82. The van der Waals surface area contributed by atoms with Gasteiger partial charge in [-0.15, -0.1) is 13.2 Å². The zero-order valence-corrected chi connectivity index (χ0v) is 6.03. The molecule has 2 heteroatoms. The molecule has 0 aliphatic rings. The van der Waals surface area contributed by atoms with Crippen LogP contribution in [0.15, 0.2) is 35.3 Å². The Kier molecular flexibility index (Phi) is 6.90. The monoisotopic (exact) mass is 136 g/mol. The fraction of sp³-hybridized carbons (Fsp3) is 0.250. The second-order valence-electron chi connectivity index (χ2n) is 1.63. The second kappa shape index (κ2) is 7.82. The molecule has 0 radical (unpaired) electrons. The van der Waals surface area contributed by atoms with Crippen molar-refractivity contribution in [1.82, 2.24) is 0 Å². The van der Waals surface area contributed by atoms with Crippen molar-refractivity contribution in [1.29, 1.82) is 0 Å². The van der Waals surface area contributed by atoms with Gasteiger partial charge in [-0.1, -0.05) is 12.2 Å². The molecule has 0 bridgehead atoms. The van der Waals surface area contributed by atoms with Gasteiger partial charge in [0, 0.05) is 12.6 Å². The van der Waals surface area contributed by atoms with Gasteiger partial charge in [0.05, 0.1) is 6.54 Å². The molecule has 0 heterocycles. The highest BCUT2D eigenvalue weighted by Gasteiger charge is 1.66. The quantitative estimate of drug-likeness (QED) is 0.313. The number of rotatable bonds is 5. The largest absolute Gasteiger partial charge is 0.269 e. The molecule has 0 atom stereocenters. The summed E-state index contributed by atoms with van der Waals surface area (Å²) in [6.07, 6.45) is 7.56. The Morgan fingerprint density at radius 3 is 2.60 bits per heavy atom. The Morgan fingerprint density at radius 1 is 1.20 bits per heavy atom. The molecule has 0 unspecified atom stereocenters. The summed E-state index contributed by atoms with van der Waals surface area (Å²) in [5.74, 6) is 0. The molecule has 10 heavy (non-hydrogen) atoms. The lowest BCUT2D eigenvalue weighted by atomic mass is 10.5. The van der Waals surface area contributed by atoms with Gasteiger partial charge in [0.2, 0.25) is 0 Å². The molecule has 0 aromatic rings. The molecule has 0 rings (SSSR count). The van der Waals surface area contributed by atoms with E-state index < -0.39 is 0 Å². The SMILES string of the molecule is C=CC/C=N/C=N/CC=C. The predicted molar refractivity (Wildman–Crippen MR) is 46.9 cm³/mol. The van der Waals surface area contributed by atoms with Crippen LogP contribution in [0.2, 0.25) is 0 Å². The Morgan fingerprint density at radius 2 is 2.00 bits per heavy atom. The van der Waals surface area contributed by atoms with Crippen LogP contribution in [-0.4, -0.2) is 19.1 Å². The zero-order valence-electron chi connectivity index (χ0n) is 6.03. The van der Waals surface area contributed by atoms with Crippen molar-refractivity contribution < 1.29 is 0 Å². The predicted octanol–water partition coefficient (Wildman–Crippen LogP) is 1.85. The van der Waals surface area contributed by atoms with E-state index in [9.17, 15) is 0 Å². The number of allylic oxidation sites excluding steroid dienone is 1. The Balaban J connectivity index is 3.31. The maximum Gasteiger partial charge on any atom is 0.109 e. The van der Waals surface area contributed by atoms with Crippen molar-refractivity contribution in [2.45, 2.75) is 6.42 Å². The summed E-state index contributed by atoms with van der Waals surface area (Å²) in [6, 6.07) is 0. The van der Waals surface area contributed by atoms with Gasteiger partial charge in [-0.25, -0.2) is 4.99 Å². The molecule has 54 valence electrons. The minimum absolute atomic E-state index is 0.630. The molecule has 0 aromatic carbocycles. The maximum absolute atomic E-state index is 3.89. The fourth-order valence-electron chi connectivity index (χ4n) is 0.351. The van der Waals surface area contributed by atoms with E-state index >= 15 is 0 Å².